The standard InChI is InChI=1S/C10H22N2S/c1-9-6-10(7-9,8-11)12(2)4-5-13-3/h9H,4-8,11H2,1-3H3. The monoisotopic (exact) mass is 202 g/mol. The summed E-state index contributed by atoms with van der Waals surface area (Å²) in [6, 6.07) is 0. The second kappa shape index (κ2) is 4.67. The lowest BCUT2D eigenvalue weighted by Gasteiger charge is -2.52. The molecule has 0 bridgehead atoms. The molecule has 13 heavy (non-hydrogen) atoms. The molecule has 1 fully saturated rings. The minimum atomic E-state index is 0.342. The van der Waals surface area contributed by atoms with Gasteiger partial charge in [-0.15, -0.1) is 0 Å². The summed E-state index contributed by atoms with van der Waals surface area (Å²) in [5, 5.41) is 0. The third-order valence-corrected chi connectivity index (χ3v) is 3.87. The lowest BCUT2D eigenvalue weighted by atomic mass is 9.68. The first kappa shape index (κ1) is 11.3. The zero-order valence-electron chi connectivity index (χ0n) is 9.05. The van der Waals surface area contributed by atoms with Crippen molar-refractivity contribution in [2.75, 3.05) is 32.1 Å². The first-order valence-electron chi connectivity index (χ1n) is 5.05. The largest absolute Gasteiger partial charge is 0.329 e. The van der Waals surface area contributed by atoms with Crippen molar-refractivity contribution in [2.45, 2.75) is 25.3 Å². The molecular weight excluding hydrogens is 180 g/mol. The summed E-state index contributed by atoms with van der Waals surface area (Å²) >= 11 is 1.91. The summed E-state index contributed by atoms with van der Waals surface area (Å²) in [6.07, 6.45) is 4.73. The molecule has 1 saturated carbocycles. The van der Waals surface area contributed by atoms with E-state index in [1.54, 1.807) is 0 Å². The molecule has 2 N–H and O–H groups in total. The van der Waals surface area contributed by atoms with Crippen LogP contribution in [0.4, 0.5) is 0 Å². The first-order valence-corrected chi connectivity index (χ1v) is 6.44. The van der Waals surface area contributed by atoms with Gasteiger partial charge in [-0.05, 0) is 32.1 Å². The molecule has 1 aliphatic carbocycles. The van der Waals surface area contributed by atoms with E-state index in [4.69, 9.17) is 5.73 Å². The maximum Gasteiger partial charge on any atom is 0.0334 e. The van der Waals surface area contributed by atoms with Gasteiger partial charge in [0.2, 0.25) is 0 Å². The summed E-state index contributed by atoms with van der Waals surface area (Å²) in [5.41, 5.74) is 6.20. The fourth-order valence-electron chi connectivity index (χ4n) is 2.34. The zero-order chi connectivity index (χ0) is 9.90. The van der Waals surface area contributed by atoms with Gasteiger partial charge in [-0.25, -0.2) is 0 Å². The van der Waals surface area contributed by atoms with Crippen LogP contribution in [0.1, 0.15) is 19.8 Å². The smallest absolute Gasteiger partial charge is 0.0334 e. The van der Waals surface area contributed by atoms with Crippen molar-refractivity contribution in [3.05, 3.63) is 0 Å². The minimum Gasteiger partial charge on any atom is -0.329 e. The Bertz CT molecular complexity index is 155. The van der Waals surface area contributed by atoms with E-state index in [9.17, 15) is 0 Å². The third-order valence-electron chi connectivity index (χ3n) is 3.28. The predicted molar refractivity (Wildman–Crippen MR) is 61.2 cm³/mol. The van der Waals surface area contributed by atoms with Gasteiger partial charge in [-0.1, -0.05) is 6.92 Å². The highest BCUT2D eigenvalue weighted by Gasteiger charge is 2.43. The number of nitrogens with zero attached hydrogens (tertiary/aromatic N) is 1. The molecule has 0 aromatic heterocycles. The Kier molecular flexibility index (Phi) is 4.07. The van der Waals surface area contributed by atoms with E-state index in [1.165, 1.54) is 25.1 Å². The summed E-state index contributed by atoms with van der Waals surface area (Å²) < 4.78 is 0. The van der Waals surface area contributed by atoms with Crippen molar-refractivity contribution in [1.82, 2.24) is 4.90 Å². The Morgan fingerprint density at radius 3 is 2.54 bits per heavy atom. The van der Waals surface area contributed by atoms with E-state index in [0.717, 1.165) is 12.5 Å². The molecular formula is C10H22N2S. The van der Waals surface area contributed by atoms with Gasteiger partial charge in [0, 0.05) is 24.4 Å². The van der Waals surface area contributed by atoms with E-state index in [2.05, 4.69) is 25.1 Å². The molecule has 0 aliphatic heterocycles. The lowest BCUT2D eigenvalue weighted by Crippen LogP contribution is -2.60. The molecule has 0 heterocycles. The lowest BCUT2D eigenvalue weighted by molar-refractivity contribution is 0.0102. The van der Waals surface area contributed by atoms with Crippen molar-refractivity contribution >= 4 is 11.8 Å². The zero-order valence-corrected chi connectivity index (χ0v) is 9.86. The second-order valence-electron chi connectivity index (χ2n) is 4.36. The number of nitrogens with two attached hydrogens (primary N) is 1. The highest BCUT2D eigenvalue weighted by atomic mass is 32.2. The topological polar surface area (TPSA) is 29.3 Å². The van der Waals surface area contributed by atoms with Gasteiger partial charge in [0.1, 0.15) is 0 Å². The maximum atomic E-state index is 5.86. The Balaban J connectivity index is 2.38. The molecule has 0 saturated heterocycles. The summed E-state index contributed by atoms with van der Waals surface area (Å²) in [7, 11) is 2.22. The van der Waals surface area contributed by atoms with Crippen molar-refractivity contribution in [1.29, 1.82) is 0 Å². The highest BCUT2D eigenvalue weighted by molar-refractivity contribution is 7.98. The van der Waals surface area contributed by atoms with Crippen molar-refractivity contribution in [3.8, 4) is 0 Å². The summed E-state index contributed by atoms with van der Waals surface area (Å²) in [6.45, 7) is 4.31. The van der Waals surface area contributed by atoms with E-state index in [0.29, 0.717) is 5.54 Å². The van der Waals surface area contributed by atoms with Gasteiger partial charge in [-0.3, -0.25) is 4.90 Å². The maximum absolute atomic E-state index is 5.86. The summed E-state index contributed by atoms with van der Waals surface area (Å²) in [4.78, 5) is 2.46. The van der Waals surface area contributed by atoms with E-state index in [1.807, 2.05) is 11.8 Å². The number of thioether (sulfide) groups is 1. The van der Waals surface area contributed by atoms with Crippen LogP contribution in [0.5, 0.6) is 0 Å². The van der Waals surface area contributed by atoms with Gasteiger partial charge in [0.05, 0.1) is 0 Å². The molecule has 1 aliphatic rings. The molecule has 3 heteroatoms. The van der Waals surface area contributed by atoms with Gasteiger partial charge in [0.25, 0.3) is 0 Å². The van der Waals surface area contributed by atoms with E-state index >= 15 is 0 Å². The van der Waals surface area contributed by atoms with Gasteiger partial charge in [-0.2, -0.15) is 11.8 Å². The molecule has 0 radical (unpaired) electrons. The highest BCUT2D eigenvalue weighted by Crippen LogP contribution is 2.40. The molecule has 0 unspecified atom stereocenters. The number of hydrogen-bond acceptors (Lipinski definition) is 3. The molecule has 1 rings (SSSR count). The van der Waals surface area contributed by atoms with Crippen LogP contribution in [-0.2, 0) is 0 Å². The molecule has 0 aromatic carbocycles. The van der Waals surface area contributed by atoms with Crippen LogP contribution in [0, 0.1) is 5.92 Å². The van der Waals surface area contributed by atoms with Crippen molar-refractivity contribution < 1.29 is 0 Å². The second-order valence-corrected chi connectivity index (χ2v) is 5.34. The van der Waals surface area contributed by atoms with Crippen LogP contribution in [0.2, 0.25) is 0 Å². The average molecular weight is 202 g/mol. The van der Waals surface area contributed by atoms with Crippen molar-refractivity contribution in [2.24, 2.45) is 11.7 Å². The number of rotatable bonds is 5. The SMILES string of the molecule is CSCCN(C)C1(CN)CC(C)C1. The molecule has 0 amide bonds. The molecule has 78 valence electrons. The van der Waals surface area contributed by atoms with Gasteiger partial charge < -0.3 is 5.73 Å². The van der Waals surface area contributed by atoms with Gasteiger partial charge in [0.15, 0.2) is 0 Å². The fourth-order valence-corrected chi connectivity index (χ4v) is 2.79. The number of likely N-dealkylation sites (N-methyl/N-ethyl adjacent to an activating group) is 1. The van der Waals surface area contributed by atoms with Crippen LogP contribution in [0.25, 0.3) is 0 Å². The molecule has 0 spiro atoms. The first-order chi connectivity index (χ1) is 6.14. The van der Waals surface area contributed by atoms with Crippen LogP contribution in [-0.4, -0.2) is 42.6 Å². The van der Waals surface area contributed by atoms with Crippen LogP contribution >= 0.6 is 11.8 Å². The van der Waals surface area contributed by atoms with Gasteiger partial charge >= 0.3 is 0 Å². The normalized spacial score (nSPS) is 33.5. The van der Waals surface area contributed by atoms with Crippen LogP contribution in [0.3, 0.4) is 0 Å². The predicted octanol–water partition coefficient (Wildman–Crippen LogP) is 1.41. The summed E-state index contributed by atoms with van der Waals surface area (Å²) in [5.74, 6) is 2.09. The Hall–Kier alpha value is 0.270. The fraction of sp³-hybridized carbons (Fsp3) is 1.00. The Morgan fingerprint density at radius 2 is 2.15 bits per heavy atom. The molecule has 0 atom stereocenters. The third kappa shape index (κ3) is 2.39. The quantitative estimate of drug-likeness (QED) is 0.731. The number of hydrogen-bond donors (Lipinski definition) is 1. The molecule has 2 nitrogen and oxygen atoms in total. The van der Waals surface area contributed by atoms with E-state index < -0.39 is 0 Å². The van der Waals surface area contributed by atoms with E-state index in [-0.39, 0.29) is 0 Å². The molecule has 0 aromatic rings. The Labute approximate surface area is 86.2 Å². The Morgan fingerprint density at radius 1 is 1.54 bits per heavy atom. The van der Waals surface area contributed by atoms with Crippen LogP contribution in [0.15, 0.2) is 0 Å². The average Bonchev–Trinajstić information content (AvgIpc) is 2.08. The van der Waals surface area contributed by atoms with Crippen LogP contribution < -0.4 is 5.73 Å². The van der Waals surface area contributed by atoms with Crippen molar-refractivity contribution in [3.63, 3.8) is 0 Å². The minimum absolute atomic E-state index is 0.342.